The van der Waals surface area contributed by atoms with E-state index in [1.807, 2.05) is 0 Å². The predicted octanol–water partition coefficient (Wildman–Crippen LogP) is 0.936. The zero-order valence-corrected chi connectivity index (χ0v) is 15.9. The summed E-state index contributed by atoms with van der Waals surface area (Å²) in [5.41, 5.74) is 1.56. The number of carbonyl (C=O) groups excluding carboxylic acids is 1. The van der Waals surface area contributed by atoms with Gasteiger partial charge < -0.3 is 15.1 Å². The van der Waals surface area contributed by atoms with Crippen molar-refractivity contribution in [1.29, 1.82) is 0 Å². The zero-order chi connectivity index (χ0) is 20.1. The Morgan fingerprint density at radius 2 is 1.68 bits per heavy atom. The van der Waals surface area contributed by atoms with Crippen LogP contribution in [0.15, 0.2) is 48.5 Å². The third kappa shape index (κ3) is 5.56. The lowest BCUT2D eigenvalue weighted by Crippen LogP contribution is -3.28. The highest BCUT2D eigenvalue weighted by Crippen LogP contribution is 2.34. The Morgan fingerprint density at radius 1 is 1.00 bits per heavy atom. The van der Waals surface area contributed by atoms with E-state index in [2.05, 4.69) is 36.5 Å². The predicted molar refractivity (Wildman–Crippen MR) is 101 cm³/mol. The molecule has 1 fully saturated rings. The summed E-state index contributed by atoms with van der Waals surface area (Å²) < 4.78 is 39.1. The van der Waals surface area contributed by atoms with Crippen LogP contribution in [-0.4, -0.2) is 38.6 Å². The minimum atomic E-state index is -4.48. The van der Waals surface area contributed by atoms with E-state index in [-0.39, 0.29) is 18.1 Å². The molecular weight excluding hydrogens is 367 g/mol. The molecule has 1 heterocycles. The fourth-order valence-electron chi connectivity index (χ4n) is 3.68. The summed E-state index contributed by atoms with van der Waals surface area (Å²) in [6.07, 6.45) is -4.48. The second-order valence-electron chi connectivity index (χ2n) is 7.43. The Bertz CT molecular complexity index is 815. The van der Waals surface area contributed by atoms with Gasteiger partial charge in [-0.1, -0.05) is 42.0 Å². The molecule has 0 saturated carbocycles. The van der Waals surface area contributed by atoms with Crippen LogP contribution in [-0.2, 0) is 17.5 Å². The van der Waals surface area contributed by atoms with Gasteiger partial charge in [0.05, 0.1) is 11.3 Å². The van der Waals surface area contributed by atoms with E-state index >= 15 is 0 Å². The van der Waals surface area contributed by atoms with Crippen molar-refractivity contribution in [2.24, 2.45) is 0 Å². The van der Waals surface area contributed by atoms with Crippen LogP contribution in [0.1, 0.15) is 16.7 Å². The van der Waals surface area contributed by atoms with E-state index in [1.165, 1.54) is 34.2 Å². The molecule has 0 spiro atoms. The molecule has 0 aliphatic carbocycles. The van der Waals surface area contributed by atoms with Crippen molar-refractivity contribution in [2.75, 3.05) is 38.0 Å². The Balaban J connectivity index is 1.49. The highest BCUT2D eigenvalue weighted by Gasteiger charge is 2.34. The SMILES string of the molecule is Cc1cccc(C[NH+]2CC[NH+](CC(=O)Nc3ccccc3C(F)(F)F)CC2)c1. The molecule has 1 aliphatic rings. The minimum absolute atomic E-state index is 0.178. The number of hydrogen-bond donors (Lipinski definition) is 3. The quantitative estimate of drug-likeness (QED) is 0.695. The molecule has 3 N–H and O–H groups in total. The smallest absolute Gasteiger partial charge is 0.322 e. The van der Waals surface area contributed by atoms with Gasteiger partial charge in [-0.25, -0.2) is 0 Å². The number of para-hydroxylation sites is 1. The Morgan fingerprint density at radius 3 is 2.36 bits per heavy atom. The molecule has 0 bridgehead atoms. The van der Waals surface area contributed by atoms with E-state index in [4.69, 9.17) is 0 Å². The molecule has 0 aromatic heterocycles. The lowest BCUT2D eigenvalue weighted by Gasteiger charge is -2.29. The number of amides is 1. The van der Waals surface area contributed by atoms with E-state index in [1.54, 1.807) is 0 Å². The van der Waals surface area contributed by atoms with Crippen molar-refractivity contribution >= 4 is 11.6 Å². The van der Waals surface area contributed by atoms with Crippen LogP contribution in [0.5, 0.6) is 0 Å². The number of anilines is 1. The molecule has 1 saturated heterocycles. The lowest BCUT2D eigenvalue weighted by molar-refractivity contribution is -1.02. The molecule has 4 nitrogen and oxygen atoms in total. The zero-order valence-electron chi connectivity index (χ0n) is 15.9. The Kier molecular flexibility index (Phi) is 6.36. The monoisotopic (exact) mass is 393 g/mol. The molecule has 0 atom stereocenters. The highest BCUT2D eigenvalue weighted by molar-refractivity contribution is 5.92. The molecule has 0 radical (unpaired) electrons. The van der Waals surface area contributed by atoms with Gasteiger partial charge in [-0.2, -0.15) is 13.2 Å². The van der Waals surface area contributed by atoms with Crippen molar-refractivity contribution < 1.29 is 27.8 Å². The van der Waals surface area contributed by atoms with Crippen molar-refractivity contribution in [3.05, 3.63) is 65.2 Å². The molecule has 1 aliphatic heterocycles. The topological polar surface area (TPSA) is 38.0 Å². The number of rotatable bonds is 5. The van der Waals surface area contributed by atoms with Gasteiger partial charge in [0.2, 0.25) is 0 Å². The van der Waals surface area contributed by atoms with Gasteiger partial charge in [0, 0.05) is 5.56 Å². The first-order chi connectivity index (χ1) is 13.3. The lowest BCUT2D eigenvalue weighted by atomic mass is 10.1. The second kappa shape index (κ2) is 8.75. The van der Waals surface area contributed by atoms with Crippen molar-refractivity contribution in [3.63, 3.8) is 0 Å². The number of hydrogen-bond acceptors (Lipinski definition) is 1. The van der Waals surface area contributed by atoms with E-state index in [9.17, 15) is 18.0 Å². The molecule has 2 aromatic rings. The summed E-state index contributed by atoms with van der Waals surface area (Å²) >= 11 is 0. The largest absolute Gasteiger partial charge is 0.418 e. The normalized spacial score (nSPS) is 20.0. The molecular formula is C21H26F3N3O+2. The van der Waals surface area contributed by atoms with Crippen molar-refractivity contribution in [1.82, 2.24) is 0 Å². The van der Waals surface area contributed by atoms with E-state index in [0.29, 0.717) is 0 Å². The number of quaternary nitrogens is 2. The van der Waals surface area contributed by atoms with Gasteiger partial charge >= 0.3 is 6.18 Å². The number of halogens is 3. The van der Waals surface area contributed by atoms with Crippen LogP contribution in [0.3, 0.4) is 0 Å². The minimum Gasteiger partial charge on any atom is -0.322 e. The Hall–Kier alpha value is -2.38. The number of aryl methyl sites for hydroxylation is 1. The van der Waals surface area contributed by atoms with Crippen LogP contribution in [0.2, 0.25) is 0 Å². The average Bonchev–Trinajstić information content (AvgIpc) is 2.63. The summed E-state index contributed by atoms with van der Waals surface area (Å²) in [4.78, 5) is 14.8. The van der Waals surface area contributed by atoms with Crippen LogP contribution >= 0.6 is 0 Å². The molecule has 0 unspecified atom stereocenters. The average molecular weight is 393 g/mol. The fraction of sp³-hybridized carbons (Fsp3) is 0.381. The third-order valence-electron chi connectivity index (χ3n) is 5.12. The van der Waals surface area contributed by atoms with Crippen LogP contribution in [0.4, 0.5) is 18.9 Å². The first kappa shape index (κ1) is 20.4. The van der Waals surface area contributed by atoms with Gasteiger partial charge in [0.25, 0.3) is 5.91 Å². The molecule has 3 rings (SSSR count). The molecule has 150 valence electrons. The van der Waals surface area contributed by atoms with Crippen LogP contribution < -0.4 is 15.1 Å². The second-order valence-corrected chi connectivity index (χ2v) is 7.43. The first-order valence-corrected chi connectivity index (χ1v) is 9.50. The van der Waals surface area contributed by atoms with E-state index in [0.717, 1.165) is 43.7 Å². The standard InChI is InChI=1S/C21H24F3N3O/c1-16-5-4-6-17(13-16)14-26-9-11-27(12-10-26)15-20(28)25-19-8-3-2-7-18(19)21(22,23)24/h2-8,13H,9-12,14-15H2,1H3,(H,25,28)/p+2. The summed E-state index contributed by atoms with van der Waals surface area (Å²) in [6.45, 7) is 6.76. The number of benzene rings is 2. The maximum atomic E-state index is 13.0. The van der Waals surface area contributed by atoms with Gasteiger partial charge in [-0.05, 0) is 19.1 Å². The first-order valence-electron chi connectivity index (χ1n) is 9.50. The summed E-state index contributed by atoms with van der Waals surface area (Å²) in [7, 11) is 0. The van der Waals surface area contributed by atoms with Crippen molar-refractivity contribution in [3.8, 4) is 0 Å². The molecule has 1 amide bonds. The summed E-state index contributed by atoms with van der Waals surface area (Å²) in [6, 6.07) is 13.6. The summed E-state index contributed by atoms with van der Waals surface area (Å²) in [5.74, 6) is -0.381. The van der Waals surface area contributed by atoms with Gasteiger partial charge in [0.15, 0.2) is 6.54 Å². The summed E-state index contributed by atoms with van der Waals surface area (Å²) in [5, 5.41) is 2.44. The highest BCUT2D eigenvalue weighted by atomic mass is 19.4. The van der Waals surface area contributed by atoms with Crippen molar-refractivity contribution in [2.45, 2.75) is 19.6 Å². The van der Waals surface area contributed by atoms with Gasteiger partial charge in [-0.15, -0.1) is 0 Å². The maximum absolute atomic E-state index is 13.0. The number of alkyl halides is 3. The molecule has 28 heavy (non-hydrogen) atoms. The molecule has 2 aromatic carbocycles. The number of piperazine rings is 1. The van der Waals surface area contributed by atoms with E-state index < -0.39 is 11.7 Å². The Labute approximate surface area is 162 Å². The molecule has 7 heteroatoms. The fourth-order valence-corrected chi connectivity index (χ4v) is 3.68. The third-order valence-corrected chi connectivity index (χ3v) is 5.12. The maximum Gasteiger partial charge on any atom is 0.418 e. The van der Waals surface area contributed by atoms with Crippen LogP contribution in [0.25, 0.3) is 0 Å². The number of carbonyl (C=O) groups is 1. The van der Waals surface area contributed by atoms with Crippen LogP contribution in [0, 0.1) is 6.92 Å². The van der Waals surface area contributed by atoms with Gasteiger partial charge in [0.1, 0.15) is 32.7 Å². The van der Waals surface area contributed by atoms with Gasteiger partial charge in [-0.3, -0.25) is 4.79 Å². The number of nitrogens with one attached hydrogen (secondary N) is 3.